The van der Waals surface area contributed by atoms with E-state index in [1.54, 1.807) is 4.68 Å². The molecular formula is C22H20Cl2N6S. The molecule has 0 saturated heterocycles. The summed E-state index contributed by atoms with van der Waals surface area (Å²) in [6.07, 6.45) is 1.84. The van der Waals surface area contributed by atoms with Crippen molar-refractivity contribution in [2.24, 2.45) is 0 Å². The maximum atomic E-state index is 6.25. The van der Waals surface area contributed by atoms with E-state index in [-0.39, 0.29) is 0 Å². The number of benzene rings is 2. The highest BCUT2D eigenvalue weighted by molar-refractivity contribution is 7.80. The molecule has 2 N–H and O–H groups in total. The number of aromatic nitrogens is 4. The second-order valence-corrected chi connectivity index (χ2v) is 8.21. The minimum absolute atomic E-state index is 0.408. The molecule has 0 fully saturated rings. The fraction of sp³-hybridized carbons (Fsp3) is 0.136. The van der Waals surface area contributed by atoms with Gasteiger partial charge < -0.3 is 10.6 Å². The molecule has 4 rings (SSSR count). The molecule has 0 aliphatic carbocycles. The molecule has 0 aliphatic heterocycles. The zero-order chi connectivity index (χ0) is 21.8. The van der Waals surface area contributed by atoms with Gasteiger partial charge in [0.15, 0.2) is 16.7 Å². The van der Waals surface area contributed by atoms with Crippen LogP contribution in [0.15, 0.2) is 66.9 Å². The predicted octanol–water partition coefficient (Wildman–Crippen LogP) is 5.60. The summed E-state index contributed by atoms with van der Waals surface area (Å²) < 4.78 is 3.68. The van der Waals surface area contributed by atoms with E-state index in [1.807, 2.05) is 66.3 Å². The molecule has 0 atom stereocenters. The Hall–Kier alpha value is -2.87. The highest BCUT2D eigenvalue weighted by Crippen LogP contribution is 2.25. The van der Waals surface area contributed by atoms with Gasteiger partial charge >= 0.3 is 0 Å². The molecule has 31 heavy (non-hydrogen) atoms. The Bertz CT molecular complexity index is 1180. The lowest BCUT2D eigenvalue weighted by molar-refractivity contribution is 0.668. The van der Waals surface area contributed by atoms with Gasteiger partial charge in [-0.05, 0) is 36.8 Å². The molecule has 2 heterocycles. The Labute approximate surface area is 195 Å². The standard InChI is InChI=1S/C22H20Cl2N6S/c1-15-12-21(28-30(15)13-16-6-3-2-4-7-16)26-22(31)25-20-10-11-29(27-20)14-17-18(23)8-5-9-19(17)24/h2-12H,13-14H2,1H3,(H2,25,26,27,28,31). The number of aryl methyl sites for hydroxylation is 1. The van der Waals surface area contributed by atoms with Gasteiger partial charge in [-0.15, -0.1) is 0 Å². The molecule has 9 heteroatoms. The van der Waals surface area contributed by atoms with Crippen LogP contribution in [0, 0.1) is 6.92 Å². The average Bonchev–Trinajstić information content (AvgIpc) is 3.31. The van der Waals surface area contributed by atoms with Crippen LogP contribution in [0.4, 0.5) is 11.6 Å². The van der Waals surface area contributed by atoms with Crippen LogP contribution in [-0.4, -0.2) is 24.7 Å². The first kappa shape index (κ1) is 21.4. The number of nitrogens with one attached hydrogen (secondary N) is 2. The van der Waals surface area contributed by atoms with Crippen molar-refractivity contribution in [1.82, 2.24) is 19.6 Å². The fourth-order valence-electron chi connectivity index (χ4n) is 3.11. The molecule has 2 aromatic carbocycles. The van der Waals surface area contributed by atoms with E-state index in [9.17, 15) is 0 Å². The Morgan fingerprint density at radius 3 is 2.35 bits per heavy atom. The molecule has 0 saturated carbocycles. The molecule has 6 nitrogen and oxygen atoms in total. The van der Waals surface area contributed by atoms with Crippen molar-refractivity contribution in [3.8, 4) is 0 Å². The van der Waals surface area contributed by atoms with Crippen molar-refractivity contribution in [2.75, 3.05) is 10.6 Å². The lowest BCUT2D eigenvalue weighted by atomic mass is 10.2. The van der Waals surface area contributed by atoms with Crippen LogP contribution in [-0.2, 0) is 13.1 Å². The Kier molecular flexibility index (Phi) is 6.56. The van der Waals surface area contributed by atoms with Gasteiger partial charge in [0.1, 0.15) is 0 Å². The predicted molar refractivity (Wildman–Crippen MR) is 130 cm³/mol. The maximum absolute atomic E-state index is 6.25. The quantitative estimate of drug-likeness (QED) is 0.359. The highest BCUT2D eigenvalue weighted by Gasteiger charge is 2.10. The van der Waals surface area contributed by atoms with E-state index in [4.69, 9.17) is 35.4 Å². The Balaban J connectivity index is 1.37. The SMILES string of the molecule is Cc1cc(NC(=S)Nc2ccn(Cc3c(Cl)cccc3Cl)n2)nn1Cc1ccccc1. The van der Waals surface area contributed by atoms with Gasteiger partial charge in [0.2, 0.25) is 0 Å². The second kappa shape index (κ2) is 9.51. The normalized spacial score (nSPS) is 10.8. The summed E-state index contributed by atoms with van der Waals surface area (Å²) >= 11 is 17.9. The molecule has 0 bridgehead atoms. The summed E-state index contributed by atoms with van der Waals surface area (Å²) in [6, 6.07) is 19.4. The molecule has 2 aromatic heterocycles. The van der Waals surface area contributed by atoms with Gasteiger partial charge in [-0.3, -0.25) is 9.36 Å². The lowest BCUT2D eigenvalue weighted by Gasteiger charge is -2.08. The van der Waals surface area contributed by atoms with Crippen LogP contribution in [0.5, 0.6) is 0 Å². The molecule has 0 amide bonds. The van der Waals surface area contributed by atoms with Crippen LogP contribution in [0.1, 0.15) is 16.8 Å². The number of anilines is 2. The van der Waals surface area contributed by atoms with E-state index in [1.165, 1.54) is 5.56 Å². The second-order valence-electron chi connectivity index (χ2n) is 6.99. The van der Waals surface area contributed by atoms with Gasteiger partial charge in [-0.25, -0.2) is 0 Å². The molecule has 158 valence electrons. The fourth-order valence-corrected chi connectivity index (χ4v) is 3.84. The number of nitrogens with zero attached hydrogens (tertiary/aromatic N) is 4. The monoisotopic (exact) mass is 470 g/mol. The van der Waals surface area contributed by atoms with Gasteiger partial charge in [0.05, 0.1) is 13.1 Å². The topological polar surface area (TPSA) is 59.7 Å². The number of hydrogen-bond acceptors (Lipinski definition) is 3. The first-order valence-corrected chi connectivity index (χ1v) is 10.8. The summed E-state index contributed by atoms with van der Waals surface area (Å²) in [5, 5.41) is 16.9. The largest absolute Gasteiger partial charge is 0.316 e. The first-order valence-electron chi connectivity index (χ1n) is 9.60. The van der Waals surface area contributed by atoms with E-state index >= 15 is 0 Å². The van der Waals surface area contributed by atoms with E-state index in [0.717, 1.165) is 11.3 Å². The van der Waals surface area contributed by atoms with E-state index in [0.29, 0.717) is 39.9 Å². The molecule has 0 aliphatic rings. The van der Waals surface area contributed by atoms with Crippen molar-refractivity contribution < 1.29 is 0 Å². The van der Waals surface area contributed by atoms with E-state index < -0.39 is 0 Å². The zero-order valence-corrected chi connectivity index (χ0v) is 19.0. The lowest BCUT2D eigenvalue weighted by Crippen LogP contribution is -2.20. The highest BCUT2D eigenvalue weighted by atomic mass is 35.5. The molecule has 0 radical (unpaired) electrons. The number of halogens is 2. The third-order valence-electron chi connectivity index (χ3n) is 4.66. The van der Waals surface area contributed by atoms with Gasteiger partial charge in [0, 0.05) is 39.6 Å². The third kappa shape index (κ3) is 5.44. The number of thiocarbonyl (C=S) groups is 1. The number of rotatable bonds is 6. The van der Waals surface area contributed by atoms with Crippen molar-refractivity contribution in [2.45, 2.75) is 20.0 Å². The van der Waals surface area contributed by atoms with Gasteiger partial charge in [-0.2, -0.15) is 10.2 Å². The minimum atomic E-state index is 0.408. The summed E-state index contributed by atoms with van der Waals surface area (Å²) in [4.78, 5) is 0. The van der Waals surface area contributed by atoms with Crippen molar-refractivity contribution >= 4 is 52.2 Å². The first-order chi connectivity index (χ1) is 15.0. The molecule has 0 spiro atoms. The Morgan fingerprint density at radius 2 is 1.61 bits per heavy atom. The zero-order valence-electron chi connectivity index (χ0n) is 16.7. The number of hydrogen-bond donors (Lipinski definition) is 2. The van der Waals surface area contributed by atoms with Crippen molar-refractivity contribution in [1.29, 1.82) is 0 Å². The minimum Gasteiger partial charge on any atom is -0.316 e. The van der Waals surface area contributed by atoms with Crippen LogP contribution in [0.25, 0.3) is 0 Å². The summed E-state index contributed by atoms with van der Waals surface area (Å²) in [5.74, 6) is 1.29. The van der Waals surface area contributed by atoms with E-state index in [2.05, 4.69) is 33.0 Å². The molecule has 0 unspecified atom stereocenters. The average molecular weight is 471 g/mol. The molecular weight excluding hydrogens is 451 g/mol. The van der Waals surface area contributed by atoms with Crippen molar-refractivity contribution in [3.05, 3.63) is 93.7 Å². The molecule has 4 aromatic rings. The van der Waals surface area contributed by atoms with Crippen LogP contribution in [0.2, 0.25) is 10.0 Å². The van der Waals surface area contributed by atoms with Crippen molar-refractivity contribution in [3.63, 3.8) is 0 Å². The smallest absolute Gasteiger partial charge is 0.177 e. The van der Waals surface area contributed by atoms with Crippen LogP contribution in [0.3, 0.4) is 0 Å². The van der Waals surface area contributed by atoms with Crippen LogP contribution < -0.4 is 10.6 Å². The summed E-state index contributed by atoms with van der Waals surface area (Å²) in [7, 11) is 0. The van der Waals surface area contributed by atoms with Crippen LogP contribution >= 0.6 is 35.4 Å². The van der Waals surface area contributed by atoms with Gasteiger partial charge in [-0.1, -0.05) is 59.6 Å². The summed E-state index contributed by atoms with van der Waals surface area (Å²) in [6.45, 7) is 3.17. The van der Waals surface area contributed by atoms with Gasteiger partial charge in [0.25, 0.3) is 0 Å². The Morgan fingerprint density at radius 1 is 0.903 bits per heavy atom. The maximum Gasteiger partial charge on any atom is 0.177 e. The summed E-state index contributed by atoms with van der Waals surface area (Å²) in [5.41, 5.74) is 3.04. The third-order valence-corrected chi connectivity index (χ3v) is 5.57.